The highest BCUT2D eigenvalue weighted by Gasteiger charge is 2.16. The normalized spacial score (nSPS) is 18.1. The van der Waals surface area contributed by atoms with E-state index >= 15 is 0 Å². The molecule has 27 heavy (non-hydrogen) atoms. The zero-order valence-corrected chi connectivity index (χ0v) is 18.6. The van der Waals surface area contributed by atoms with Crippen LogP contribution in [0.25, 0.3) is 0 Å². The summed E-state index contributed by atoms with van der Waals surface area (Å²) < 4.78 is 35.5. The summed E-state index contributed by atoms with van der Waals surface area (Å²) in [4.78, 5) is 2.40. The molecule has 6 nitrogen and oxygen atoms in total. The summed E-state index contributed by atoms with van der Waals surface area (Å²) in [5.74, 6) is 0. The zero-order valence-electron chi connectivity index (χ0n) is 17.8. The number of likely N-dealkylation sites (N-methyl/N-ethyl adjacent to an activating group) is 1. The van der Waals surface area contributed by atoms with Crippen molar-refractivity contribution < 1.29 is 21.9 Å². The van der Waals surface area contributed by atoms with Crippen LogP contribution >= 0.6 is 0 Å². The Labute approximate surface area is 167 Å². The van der Waals surface area contributed by atoms with Crippen LogP contribution in [0.4, 0.5) is 0 Å². The molecule has 1 aliphatic heterocycles. The van der Waals surface area contributed by atoms with Crippen LogP contribution < -0.4 is 0 Å². The molecule has 1 atom stereocenters. The minimum atomic E-state index is -4.16. The lowest BCUT2D eigenvalue weighted by molar-refractivity contribution is -0.0242. The van der Waals surface area contributed by atoms with Crippen LogP contribution in [-0.4, -0.2) is 57.8 Å². The van der Waals surface area contributed by atoms with Crippen molar-refractivity contribution in [3.05, 3.63) is 0 Å². The maximum absolute atomic E-state index is 9.33. The van der Waals surface area contributed by atoms with Crippen LogP contribution in [0, 0.1) is 0 Å². The fraction of sp³-hybridized carbons (Fsp3) is 1.00. The molecule has 1 heterocycles. The topological polar surface area (TPSA) is 76.1 Å². The van der Waals surface area contributed by atoms with E-state index in [0.717, 1.165) is 26.8 Å². The molecule has 0 aliphatic carbocycles. The average Bonchev–Trinajstić information content (AvgIpc) is 2.63. The van der Waals surface area contributed by atoms with Gasteiger partial charge in [0.1, 0.15) is 0 Å². The van der Waals surface area contributed by atoms with E-state index in [0.29, 0.717) is 6.10 Å². The molecule has 1 saturated heterocycles. The van der Waals surface area contributed by atoms with Gasteiger partial charge in [-0.3, -0.25) is 8.74 Å². The number of ether oxygens (including phenoxy) is 1. The molecule has 0 aromatic carbocycles. The van der Waals surface area contributed by atoms with E-state index in [4.69, 9.17) is 9.29 Å². The first-order valence-corrected chi connectivity index (χ1v) is 12.1. The molecule has 0 aromatic rings. The van der Waals surface area contributed by atoms with Crippen LogP contribution in [0.1, 0.15) is 90.4 Å². The molecule has 164 valence electrons. The molecule has 1 unspecified atom stereocenters. The highest BCUT2D eigenvalue weighted by Crippen LogP contribution is 2.15. The molecule has 0 spiro atoms. The molecule has 0 aromatic heterocycles. The summed E-state index contributed by atoms with van der Waals surface area (Å²) in [6, 6.07) is 0. The summed E-state index contributed by atoms with van der Waals surface area (Å²) in [5, 5.41) is 0. The molecule has 1 N–H and O–H groups in total. The second-order valence-corrected chi connectivity index (χ2v) is 8.72. The van der Waals surface area contributed by atoms with Crippen molar-refractivity contribution in [3.8, 4) is 0 Å². The number of hydrogen-bond acceptors (Lipinski definition) is 5. The van der Waals surface area contributed by atoms with E-state index in [1.807, 2.05) is 0 Å². The Hall–Kier alpha value is -0.210. The Kier molecular flexibility index (Phi) is 17.7. The fourth-order valence-corrected chi connectivity index (χ4v) is 3.25. The van der Waals surface area contributed by atoms with Crippen molar-refractivity contribution in [1.82, 2.24) is 4.90 Å². The Morgan fingerprint density at radius 3 is 1.81 bits per heavy atom. The summed E-state index contributed by atoms with van der Waals surface area (Å²) in [6.07, 6.45) is 19.0. The summed E-state index contributed by atoms with van der Waals surface area (Å²) in [5.41, 5.74) is 0. The molecule has 0 bridgehead atoms. The maximum Gasteiger partial charge on any atom is 0.397 e. The van der Waals surface area contributed by atoms with Crippen LogP contribution in [-0.2, 0) is 19.3 Å². The van der Waals surface area contributed by atoms with Crippen LogP contribution in [0.2, 0.25) is 0 Å². The molecule has 1 rings (SSSR count). The number of rotatable bonds is 14. The van der Waals surface area contributed by atoms with Crippen molar-refractivity contribution in [2.24, 2.45) is 0 Å². The highest BCUT2D eigenvalue weighted by atomic mass is 32.3. The van der Waals surface area contributed by atoms with Crippen molar-refractivity contribution in [2.75, 3.05) is 33.9 Å². The molecule has 0 saturated carbocycles. The van der Waals surface area contributed by atoms with Gasteiger partial charge in [0.2, 0.25) is 0 Å². The predicted octanol–water partition coefficient (Wildman–Crippen LogP) is 4.84. The molecule has 0 amide bonds. The quantitative estimate of drug-likeness (QED) is 0.327. The first-order chi connectivity index (χ1) is 12.9. The van der Waals surface area contributed by atoms with Gasteiger partial charge in [0, 0.05) is 13.1 Å². The van der Waals surface area contributed by atoms with E-state index in [2.05, 4.69) is 23.1 Å². The fourth-order valence-electron chi connectivity index (χ4n) is 3.25. The van der Waals surface area contributed by atoms with Gasteiger partial charge in [-0.15, -0.1) is 0 Å². The minimum absolute atomic E-state index is 0.506. The number of hydrogen-bond donors (Lipinski definition) is 1. The monoisotopic (exact) mass is 409 g/mol. The lowest BCUT2D eigenvalue weighted by atomic mass is 10.0. The summed E-state index contributed by atoms with van der Waals surface area (Å²) in [6.45, 7) is 5.46. The maximum atomic E-state index is 9.33. The number of nitrogens with zero attached hydrogens (tertiary/aromatic N) is 1. The lowest BCUT2D eigenvalue weighted by Crippen LogP contribution is -2.39. The third kappa shape index (κ3) is 20.3. The summed E-state index contributed by atoms with van der Waals surface area (Å²) >= 11 is 0. The molecular formula is C20H43NO5S. The Morgan fingerprint density at radius 1 is 0.963 bits per heavy atom. The van der Waals surface area contributed by atoms with Crippen molar-refractivity contribution in [3.63, 3.8) is 0 Å². The molecule has 0 radical (unpaired) electrons. The van der Waals surface area contributed by atoms with Crippen LogP contribution in [0.15, 0.2) is 0 Å². The Bertz CT molecular complexity index is 417. The standard InChI is InChI=1S/C19H39NO.CH4O4S/c1-3-4-5-6-7-8-9-10-11-12-13-14-15-19-18-20(2)16-17-21-19;1-5-6(2,3)4/h19H,3-18H2,1-2H3;1H3,(H,2,3,4). The van der Waals surface area contributed by atoms with Gasteiger partial charge < -0.3 is 9.64 Å². The summed E-state index contributed by atoms with van der Waals surface area (Å²) in [7, 11) is -1.09. The Balaban J connectivity index is 0.000000972. The van der Waals surface area contributed by atoms with Crippen molar-refractivity contribution >= 4 is 10.4 Å². The second-order valence-electron chi connectivity index (χ2n) is 7.53. The van der Waals surface area contributed by atoms with Gasteiger partial charge in [-0.25, -0.2) is 0 Å². The first kappa shape index (κ1) is 26.8. The van der Waals surface area contributed by atoms with Crippen LogP contribution in [0.5, 0.6) is 0 Å². The van der Waals surface area contributed by atoms with E-state index in [9.17, 15) is 8.42 Å². The third-order valence-corrected chi connectivity index (χ3v) is 5.35. The minimum Gasteiger partial charge on any atom is -0.376 e. The van der Waals surface area contributed by atoms with Crippen molar-refractivity contribution in [2.45, 2.75) is 96.5 Å². The second kappa shape index (κ2) is 17.9. The van der Waals surface area contributed by atoms with E-state index in [-0.39, 0.29) is 0 Å². The SMILES string of the molecule is CCCCCCCCCCCCCCC1CN(C)CCO1.COS(=O)(=O)O. The molecular weight excluding hydrogens is 366 g/mol. The average molecular weight is 410 g/mol. The zero-order chi connectivity index (χ0) is 20.4. The molecule has 1 aliphatic rings. The Morgan fingerprint density at radius 2 is 1.41 bits per heavy atom. The third-order valence-electron chi connectivity index (χ3n) is 4.93. The van der Waals surface area contributed by atoms with Gasteiger partial charge in [0.15, 0.2) is 0 Å². The van der Waals surface area contributed by atoms with Gasteiger partial charge in [-0.2, -0.15) is 8.42 Å². The largest absolute Gasteiger partial charge is 0.397 e. The van der Waals surface area contributed by atoms with E-state index < -0.39 is 10.4 Å². The predicted molar refractivity (Wildman–Crippen MR) is 111 cm³/mol. The number of unbranched alkanes of at least 4 members (excludes halogenated alkanes) is 11. The van der Waals surface area contributed by atoms with Gasteiger partial charge in [0.25, 0.3) is 0 Å². The lowest BCUT2D eigenvalue weighted by Gasteiger charge is -2.30. The van der Waals surface area contributed by atoms with E-state index in [1.54, 1.807) is 0 Å². The van der Waals surface area contributed by atoms with Crippen LogP contribution in [0.3, 0.4) is 0 Å². The van der Waals surface area contributed by atoms with Gasteiger partial charge >= 0.3 is 10.4 Å². The van der Waals surface area contributed by atoms with E-state index in [1.165, 1.54) is 83.5 Å². The molecule has 7 heteroatoms. The molecule has 1 fully saturated rings. The smallest absolute Gasteiger partial charge is 0.376 e. The highest BCUT2D eigenvalue weighted by molar-refractivity contribution is 7.80. The van der Waals surface area contributed by atoms with Gasteiger partial charge in [-0.05, 0) is 13.5 Å². The van der Waals surface area contributed by atoms with Gasteiger partial charge in [0.05, 0.1) is 19.8 Å². The number of morpholine rings is 1. The first-order valence-electron chi connectivity index (χ1n) is 10.7. The van der Waals surface area contributed by atoms with Crippen molar-refractivity contribution in [1.29, 1.82) is 0 Å². The van der Waals surface area contributed by atoms with Gasteiger partial charge in [-0.1, -0.05) is 84.0 Å².